The molecule has 1 aliphatic rings. The summed E-state index contributed by atoms with van der Waals surface area (Å²) in [4.78, 5) is 35.6. The van der Waals surface area contributed by atoms with Crippen LogP contribution in [-0.4, -0.2) is 42.3 Å². The van der Waals surface area contributed by atoms with Gasteiger partial charge in [0, 0.05) is 30.5 Å². The predicted octanol–water partition coefficient (Wildman–Crippen LogP) is 4.23. The molecule has 3 N–H and O–H groups in total. The Morgan fingerprint density at radius 2 is 1.67 bits per heavy atom. The molecule has 0 fully saturated rings. The van der Waals surface area contributed by atoms with Crippen molar-refractivity contribution in [2.24, 2.45) is 0 Å². The van der Waals surface area contributed by atoms with E-state index in [0.717, 1.165) is 28.7 Å². The number of carboxylic acids is 1. The quantitative estimate of drug-likeness (QED) is 0.470. The number of hydrogen-bond donors (Lipinski definition) is 3. The van der Waals surface area contributed by atoms with E-state index in [2.05, 4.69) is 34.9 Å². The fourth-order valence-corrected chi connectivity index (χ4v) is 4.08. The zero-order valence-corrected chi connectivity index (χ0v) is 19.0. The van der Waals surface area contributed by atoms with Crippen LogP contribution in [0.15, 0.2) is 60.2 Å². The van der Waals surface area contributed by atoms with Crippen molar-refractivity contribution < 1.29 is 24.2 Å². The fourth-order valence-electron chi connectivity index (χ4n) is 4.08. The van der Waals surface area contributed by atoms with Crippen LogP contribution in [-0.2, 0) is 14.3 Å². The molecule has 33 heavy (non-hydrogen) atoms. The Labute approximate surface area is 193 Å². The molecular formula is C26H30N2O5. The molecule has 174 valence electrons. The van der Waals surface area contributed by atoms with Crippen LogP contribution < -0.4 is 10.6 Å². The van der Waals surface area contributed by atoms with E-state index in [4.69, 9.17) is 9.84 Å². The Kier molecular flexibility index (Phi) is 8.24. The number of nitrogens with one attached hydrogen (secondary N) is 2. The molecule has 2 aromatic rings. The molecule has 0 aliphatic heterocycles. The number of aliphatic carboxylic acids is 1. The molecule has 0 radical (unpaired) electrons. The van der Waals surface area contributed by atoms with Crippen LogP contribution in [0.3, 0.4) is 0 Å². The number of carbonyl (C=O) groups is 3. The van der Waals surface area contributed by atoms with E-state index < -0.39 is 12.1 Å². The second-order valence-electron chi connectivity index (χ2n) is 8.16. The second-order valence-corrected chi connectivity index (χ2v) is 8.16. The standard InChI is InChI=1S/C26H30N2O5/c1-3-8-18(15-24(29)27-14-13-17(2)25(30)31)28-26(32)33-16-23-21-11-6-4-9-19(21)20-10-5-7-12-22(20)23/h4-7,9-13,18,23H,3,8,14-16H2,1-2H3,(H,27,29)(H,28,32)(H,30,31)/b17-13+/t18-/m1/s1. The molecule has 3 rings (SSSR count). The topological polar surface area (TPSA) is 105 Å². The number of hydrogen-bond acceptors (Lipinski definition) is 4. The number of carbonyl (C=O) groups excluding carboxylic acids is 2. The lowest BCUT2D eigenvalue weighted by Crippen LogP contribution is -2.40. The normalized spacial score (nSPS) is 13.6. The number of benzene rings is 2. The minimum atomic E-state index is -1.02. The lowest BCUT2D eigenvalue weighted by Gasteiger charge is -2.19. The first-order chi connectivity index (χ1) is 15.9. The van der Waals surface area contributed by atoms with Crippen LogP contribution in [0, 0.1) is 0 Å². The zero-order chi connectivity index (χ0) is 23.8. The molecule has 2 amide bonds. The van der Waals surface area contributed by atoms with E-state index in [1.54, 1.807) is 0 Å². The van der Waals surface area contributed by atoms with E-state index in [-0.39, 0.29) is 43.0 Å². The summed E-state index contributed by atoms with van der Waals surface area (Å²) in [7, 11) is 0. The molecule has 7 nitrogen and oxygen atoms in total. The van der Waals surface area contributed by atoms with Gasteiger partial charge in [-0.2, -0.15) is 0 Å². The van der Waals surface area contributed by atoms with Crippen molar-refractivity contribution in [2.75, 3.05) is 13.2 Å². The van der Waals surface area contributed by atoms with Gasteiger partial charge < -0.3 is 20.5 Å². The van der Waals surface area contributed by atoms with Crippen LogP contribution in [0.25, 0.3) is 11.1 Å². The SMILES string of the molecule is CCC[C@H](CC(=O)NC/C=C(\C)C(=O)O)NC(=O)OCC1c2ccccc2-c2ccccc21. The summed E-state index contributed by atoms with van der Waals surface area (Å²) in [6, 6.07) is 15.9. The summed E-state index contributed by atoms with van der Waals surface area (Å²) < 4.78 is 5.58. The highest BCUT2D eigenvalue weighted by Gasteiger charge is 2.29. The number of rotatable bonds is 10. The average molecular weight is 451 g/mol. The molecule has 1 atom stereocenters. The van der Waals surface area contributed by atoms with Gasteiger partial charge in [0.05, 0.1) is 0 Å². The van der Waals surface area contributed by atoms with Crippen molar-refractivity contribution >= 4 is 18.0 Å². The maximum absolute atomic E-state index is 12.5. The molecule has 7 heteroatoms. The van der Waals surface area contributed by atoms with Crippen molar-refractivity contribution in [3.8, 4) is 11.1 Å². The summed E-state index contributed by atoms with van der Waals surface area (Å²) in [6.45, 7) is 3.78. The van der Waals surface area contributed by atoms with Gasteiger partial charge in [-0.25, -0.2) is 9.59 Å². The number of carboxylic acid groups (broad SMARTS) is 1. The molecule has 0 saturated heterocycles. The molecular weight excluding hydrogens is 420 g/mol. The van der Waals surface area contributed by atoms with E-state index in [0.29, 0.717) is 6.42 Å². The molecule has 0 saturated carbocycles. The average Bonchev–Trinajstić information content (AvgIpc) is 3.11. The van der Waals surface area contributed by atoms with Gasteiger partial charge in [-0.3, -0.25) is 4.79 Å². The van der Waals surface area contributed by atoms with Crippen molar-refractivity contribution in [3.05, 3.63) is 71.3 Å². The highest BCUT2D eigenvalue weighted by atomic mass is 16.5. The maximum Gasteiger partial charge on any atom is 0.407 e. The van der Waals surface area contributed by atoms with Gasteiger partial charge in [0.2, 0.25) is 5.91 Å². The van der Waals surface area contributed by atoms with E-state index in [1.807, 2.05) is 31.2 Å². The van der Waals surface area contributed by atoms with Gasteiger partial charge in [0.15, 0.2) is 0 Å². The third kappa shape index (κ3) is 6.22. The molecule has 0 bridgehead atoms. The Morgan fingerprint density at radius 3 is 2.24 bits per heavy atom. The number of fused-ring (bicyclic) bond motifs is 3. The number of amides is 2. The monoisotopic (exact) mass is 450 g/mol. The zero-order valence-electron chi connectivity index (χ0n) is 19.0. The van der Waals surface area contributed by atoms with Crippen molar-refractivity contribution in [2.45, 2.75) is 45.1 Å². The molecule has 0 spiro atoms. The van der Waals surface area contributed by atoms with Crippen LogP contribution in [0.1, 0.15) is 50.2 Å². The van der Waals surface area contributed by atoms with Gasteiger partial charge >= 0.3 is 12.1 Å². The third-order valence-corrected chi connectivity index (χ3v) is 5.78. The Hall–Kier alpha value is -3.61. The van der Waals surface area contributed by atoms with Crippen molar-refractivity contribution in [3.63, 3.8) is 0 Å². The minimum Gasteiger partial charge on any atom is -0.478 e. The Morgan fingerprint density at radius 1 is 1.06 bits per heavy atom. The second kappa shape index (κ2) is 11.3. The molecule has 2 aromatic carbocycles. The van der Waals surface area contributed by atoms with Crippen molar-refractivity contribution in [1.29, 1.82) is 0 Å². The van der Waals surface area contributed by atoms with Gasteiger partial charge in [0.25, 0.3) is 0 Å². The highest BCUT2D eigenvalue weighted by Crippen LogP contribution is 2.44. The van der Waals surface area contributed by atoms with Gasteiger partial charge in [-0.05, 0) is 35.6 Å². The number of ether oxygens (including phenoxy) is 1. The summed E-state index contributed by atoms with van der Waals surface area (Å²) in [5.41, 5.74) is 4.77. The number of alkyl carbamates (subject to hydrolysis) is 1. The van der Waals surface area contributed by atoms with Gasteiger partial charge in [-0.1, -0.05) is 68.0 Å². The predicted molar refractivity (Wildman–Crippen MR) is 126 cm³/mol. The first-order valence-electron chi connectivity index (χ1n) is 11.2. The largest absolute Gasteiger partial charge is 0.478 e. The molecule has 0 heterocycles. The van der Waals surface area contributed by atoms with Crippen LogP contribution in [0.2, 0.25) is 0 Å². The van der Waals surface area contributed by atoms with E-state index >= 15 is 0 Å². The van der Waals surface area contributed by atoms with E-state index in [1.165, 1.54) is 13.0 Å². The first-order valence-corrected chi connectivity index (χ1v) is 11.2. The van der Waals surface area contributed by atoms with Gasteiger partial charge in [-0.15, -0.1) is 0 Å². The van der Waals surface area contributed by atoms with Crippen LogP contribution in [0.5, 0.6) is 0 Å². The molecule has 1 aliphatic carbocycles. The summed E-state index contributed by atoms with van der Waals surface area (Å²) in [5, 5.41) is 14.3. The van der Waals surface area contributed by atoms with Crippen LogP contribution >= 0.6 is 0 Å². The summed E-state index contributed by atoms with van der Waals surface area (Å²) in [5.74, 6) is -1.31. The highest BCUT2D eigenvalue weighted by molar-refractivity contribution is 5.86. The third-order valence-electron chi connectivity index (χ3n) is 5.78. The Balaban J connectivity index is 1.55. The fraction of sp³-hybridized carbons (Fsp3) is 0.346. The maximum atomic E-state index is 12.5. The Bertz CT molecular complexity index is 1000. The van der Waals surface area contributed by atoms with E-state index in [9.17, 15) is 14.4 Å². The lowest BCUT2D eigenvalue weighted by atomic mass is 9.98. The summed E-state index contributed by atoms with van der Waals surface area (Å²) in [6.07, 6.45) is 2.40. The lowest BCUT2D eigenvalue weighted by molar-refractivity contribution is -0.132. The smallest absolute Gasteiger partial charge is 0.407 e. The molecule has 0 unspecified atom stereocenters. The summed E-state index contributed by atoms with van der Waals surface area (Å²) >= 11 is 0. The molecule has 0 aromatic heterocycles. The minimum absolute atomic E-state index is 0.0275. The van der Waals surface area contributed by atoms with Gasteiger partial charge in [0.1, 0.15) is 6.61 Å². The first kappa shape index (κ1) is 24.0. The van der Waals surface area contributed by atoms with Crippen molar-refractivity contribution in [1.82, 2.24) is 10.6 Å². The van der Waals surface area contributed by atoms with Crippen LogP contribution in [0.4, 0.5) is 4.79 Å².